The van der Waals surface area contributed by atoms with Crippen molar-refractivity contribution in [2.75, 3.05) is 19.8 Å². The number of fused-ring (bicyclic) bond motifs is 1. The first-order valence-electron chi connectivity index (χ1n) is 9.45. The first-order valence-corrected chi connectivity index (χ1v) is 9.45. The molecular formula is C19H25N5O2. The van der Waals surface area contributed by atoms with Gasteiger partial charge in [0, 0.05) is 30.2 Å². The van der Waals surface area contributed by atoms with Crippen LogP contribution in [0.4, 0.5) is 0 Å². The fourth-order valence-electron chi connectivity index (χ4n) is 3.94. The van der Waals surface area contributed by atoms with Crippen molar-refractivity contribution in [3.8, 4) is 0 Å². The molecule has 0 saturated carbocycles. The van der Waals surface area contributed by atoms with Crippen LogP contribution >= 0.6 is 0 Å². The lowest BCUT2D eigenvalue weighted by molar-refractivity contribution is -0.00451. The van der Waals surface area contributed by atoms with Gasteiger partial charge < -0.3 is 9.64 Å². The third-order valence-corrected chi connectivity index (χ3v) is 5.44. The fraction of sp³-hybridized carbons (Fsp3) is 0.579. The molecular weight excluding hydrogens is 330 g/mol. The Bertz CT molecular complexity index is 788. The summed E-state index contributed by atoms with van der Waals surface area (Å²) in [5, 5.41) is 7.44. The summed E-state index contributed by atoms with van der Waals surface area (Å²) in [7, 11) is 0. The van der Waals surface area contributed by atoms with Crippen molar-refractivity contribution in [2.24, 2.45) is 0 Å². The van der Waals surface area contributed by atoms with Gasteiger partial charge in [-0.25, -0.2) is 0 Å². The van der Waals surface area contributed by atoms with Gasteiger partial charge in [0.2, 0.25) is 0 Å². The van der Waals surface area contributed by atoms with E-state index >= 15 is 0 Å². The van der Waals surface area contributed by atoms with E-state index in [2.05, 4.69) is 20.2 Å². The second-order valence-corrected chi connectivity index (χ2v) is 7.09. The molecule has 0 bridgehead atoms. The number of carbonyl (C=O) groups excluding carboxylic acids is 1. The van der Waals surface area contributed by atoms with Crippen LogP contribution in [0.1, 0.15) is 52.4 Å². The molecule has 4 rings (SSSR count). The largest absolute Gasteiger partial charge is 0.377 e. The maximum Gasteiger partial charge on any atom is 0.275 e. The molecule has 1 aliphatic carbocycles. The Labute approximate surface area is 153 Å². The molecule has 0 spiro atoms. The Morgan fingerprint density at radius 1 is 1.31 bits per heavy atom. The number of hydrogen-bond donors (Lipinski definition) is 1. The second-order valence-electron chi connectivity index (χ2n) is 7.09. The van der Waals surface area contributed by atoms with Crippen LogP contribution in [0.15, 0.2) is 12.4 Å². The molecule has 26 heavy (non-hydrogen) atoms. The van der Waals surface area contributed by atoms with Gasteiger partial charge in [-0.1, -0.05) is 0 Å². The maximum absolute atomic E-state index is 13.2. The van der Waals surface area contributed by atoms with E-state index in [9.17, 15) is 4.79 Å². The van der Waals surface area contributed by atoms with Crippen molar-refractivity contribution < 1.29 is 9.53 Å². The molecule has 2 aliphatic rings. The number of ether oxygens (including phenoxy) is 1. The molecule has 2 aromatic rings. The Balaban J connectivity index is 1.49. The minimum atomic E-state index is 0.0357. The zero-order valence-corrected chi connectivity index (χ0v) is 15.2. The van der Waals surface area contributed by atoms with Crippen LogP contribution in [-0.4, -0.2) is 56.8 Å². The summed E-state index contributed by atoms with van der Waals surface area (Å²) in [5.74, 6) is 0.0357. The number of nitrogens with one attached hydrogen (secondary N) is 1. The number of hydrogen-bond acceptors (Lipinski definition) is 5. The number of nitrogens with zero attached hydrogens (tertiary/aromatic N) is 4. The number of carbonyl (C=O) groups is 1. The zero-order valence-electron chi connectivity index (χ0n) is 15.2. The quantitative estimate of drug-likeness (QED) is 0.905. The lowest BCUT2D eigenvalue weighted by Gasteiger charge is -2.35. The van der Waals surface area contributed by atoms with Gasteiger partial charge in [-0.15, -0.1) is 0 Å². The summed E-state index contributed by atoms with van der Waals surface area (Å²) in [6.45, 7) is 3.74. The van der Waals surface area contributed by atoms with Gasteiger partial charge in [-0.05, 0) is 45.4 Å². The lowest BCUT2D eigenvalue weighted by Crippen LogP contribution is -2.49. The molecule has 1 saturated heterocycles. The summed E-state index contributed by atoms with van der Waals surface area (Å²) in [4.78, 5) is 23.8. The predicted octanol–water partition coefficient (Wildman–Crippen LogP) is 1.86. The van der Waals surface area contributed by atoms with E-state index < -0.39 is 0 Å². The van der Waals surface area contributed by atoms with Gasteiger partial charge in [-0.3, -0.25) is 19.9 Å². The van der Waals surface area contributed by atoms with E-state index in [0.717, 1.165) is 54.7 Å². The first kappa shape index (κ1) is 17.1. The van der Waals surface area contributed by atoms with E-state index in [0.29, 0.717) is 25.5 Å². The smallest absolute Gasteiger partial charge is 0.275 e. The van der Waals surface area contributed by atoms with E-state index in [1.54, 1.807) is 12.4 Å². The van der Waals surface area contributed by atoms with E-state index in [4.69, 9.17) is 4.74 Å². The van der Waals surface area contributed by atoms with E-state index in [1.165, 1.54) is 6.42 Å². The molecule has 2 aromatic heterocycles. The summed E-state index contributed by atoms with van der Waals surface area (Å²) >= 11 is 0. The molecule has 0 aromatic carbocycles. The third kappa shape index (κ3) is 3.35. The molecule has 0 radical (unpaired) electrons. The summed E-state index contributed by atoms with van der Waals surface area (Å²) < 4.78 is 5.65. The summed E-state index contributed by atoms with van der Waals surface area (Å²) in [6, 6.07) is 0.0496. The van der Waals surface area contributed by atoms with Gasteiger partial charge in [0.25, 0.3) is 5.91 Å². The molecule has 1 atom stereocenters. The van der Waals surface area contributed by atoms with Gasteiger partial charge in [0.15, 0.2) is 5.69 Å². The molecule has 3 heterocycles. The SMILES string of the molecule is Cc1nccnc1CCC1COCCN1C(=O)c1n[nH]c2c1CCCC2. The minimum absolute atomic E-state index is 0.0357. The number of rotatable bonds is 4. The molecule has 7 nitrogen and oxygen atoms in total. The van der Waals surface area contributed by atoms with Crippen molar-refractivity contribution in [3.05, 3.63) is 40.7 Å². The topological polar surface area (TPSA) is 84.0 Å². The molecule has 138 valence electrons. The van der Waals surface area contributed by atoms with Crippen molar-refractivity contribution in [1.82, 2.24) is 25.1 Å². The third-order valence-electron chi connectivity index (χ3n) is 5.44. The molecule has 1 unspecified atom stereocenters. The fourth-order valence-corrected chi connectivity index (χ4v) is 3.94. The normalized spacial score (nSPS) is 20.0. The average molecular weight is 355 g/mol. The minimum Gasteiger partial charge on any atom is -0.377 e. The van der Waals surface area contributed by atoms with Gasteiger partial charge in [0.05, 0.1) is 30.6 Å². The highest BCUT2D eigenvalue weighted by atomic mass is 16.5. The molecule has 1 amide bonds. The van der Waals surface area contributed by atoms with Crippen LogP contribution in [0.5, 0.6) is 0 Å². The van der Waals surface area contributed by atoms with Crippen molar-refractivity contribution >= 4 is 5.91 Å². The Morgan fingerprint density at radius 2 is 2.15 bits per heavy atom. The van der Waals surface area contributed by atoms with Crippen LogP contribution in [0.2, 0.25) is 0 Å². The summed E-state index contributed by atoms with van der Waals surface area (Å²) in [6.07, 6.45) is 9.27. The molecule has 7 heteroatoms. The van der Waals surface area contributed by atoms with E-state index in [1.807, 2.05) is 11.8 Å². The standard InChI is InChI=1S/C19H25N5O2/c1-13-16(21-9-8-20-13)7-6-14-12-26-11-10-24(14)19(25)18-15-4-2-3-5-17(15)22-23-18/h8-9,14H,2-7,10-12H2,1H3,(H,22,23). The maximum atomic E-state index is 13.2. The Hall–Kier alpha value is -2.28. The predicted molar refractivity (Wildman–Crippen MR) is 96.0 cm³/mol. The lowest BCUT2D eigenvalue weighted by atomic mass is 9.95. The van der Waals surface area contributed by atoms with Crippen LogP contribution in [-0.2, 0) is 24.0 Å². The number of H-pyrrole nitrogens is 1. The van der Waals surface area contributed by atoms with Crippen molar-refractivity contribution in [3.63, 3.8) is 0 Å². The van der Waals surface area contributed by atoms with Crippen molar-refractivity contribution in [2.45, 2.75) is 51.5 Å². The number of aromatic amines is 1. The first-order chi connectivity index (χ1) is 12.7. The number of aromatic nitrogens is 4. The molecule has 1 fully saturated rings. The Morgan fingerprint density at radius 3 is 3.04 bits per heavy atom. The highest BCUT2D eigenvalue weighted by Gasteiger charge is 2.32. The number of morpholine rings is 1. The van der Waals surface area contributed by atoms with Gasteiger partial charge in [-0.2, -0.15) is 5.10 Å². The molecule has 1 aliphatic heterocycles. The van der Waals surface area contributed by atoms with Crippen LogP contribution < -0.4 is 0 Å². The van der Waals surface area contributed by atoms with E-state index in [-0.39, 0.29) is 11.9 Å². The van der Waals surface area contributed by atoms with Gasteiger partial charge in [0.1, 0.15) is 0 Å². The van der Waals surface area contributed by atoms with Crippen LogP contribution in [0.25, 0.3) is 0 Å². The highest BCUT2D eigenvalue weighted by Crippen LogP contribution is 2.25. The van der Waals surface area contributed by atoms with Gasteiger partial charge >= 0.3 is 0 Å². The highest BCUT2D eigenvalue weighted by molar-refractivity contribution is 5.94. The monoisotopic (exact) mass is 355 g/mol. The molecule has 1 N–H and O–H groups in total. The zero-order chi connectivity index (χ0) is 17.9. The number of amides is 1. The second kappa shape index (κ2) is 7.53. The summed E-state index contributed by atoms with van der Waals surface area (Å²) in [5.41, 5.74) is 4.81. The Kier molecular flexibility index (Phi) is 4.97. The average Bonchev–Trinajstić information content (AvgIpc) is 3.11. The van der Waals surface area contributed by atoms with Crippen LogP contribution in [0.3, 0.4) is 0 Å². The number of aryl methyl sites for hydroxylation is 3. The van der Waals surface area contributed by atoms with Crippen molar-refractivity contribution in [1.29, 1.82) is 0 Å². The van der Waals surface area contributed by atoms with Crippen LogP contribution in [0, 0.1) is 6.92 Å².